The maximum atomic E-state index is 13.3. The third-order valence-electron chi connectivity index (χ3n) is 5.52. The number of nitrogens with one attached hydrogen (secondary N) is 1. The van der Waals surface area contributed by atoms with Crippen molar-refractivity contribution in [1.82, 2.24) is 14.9 Å². The molecule has 0 fully saturated rings. The minimum Gasteiger partial charge on any atom is -0.493 e. The van der Waals surface area contributed by atoms with Crippen molar-refractivity contribution < 1.29 is 19.4 Å². The van der Waals surface area contributed by atoms with Crippen LogP contribution in [0.1, 0.15) is 29.8 Å². The number of hydrogen-bond acceptors (Lipinski definition) is 6. The number of amides is 1. The average molecular weight is 486 g/mol. The zero-order chi connectivity index (χ0) is 24.8. The molecule has 0 saturated heterocycles. The molecule has 3 rings (SSSR count). The van der Waals surface area contributed by atoms with E-state index in [1.807, 2.05) is 13.0 Å². The van der Waals surface area contributed by atoms with E-state index in [2.05, 4.69) is 10.3 Å². The molecule has 0 aliphatic carbocycles. The summed E-state index contributed by atoms with van der Waals surface area (Å²) in [5.41, 5.74) is 2.00. The summed E-state index contributed by atoms with van der Waals surface area (Å²) in [6.07, 6.45) is 0.155. The van der Waals surface area contributed by atoms with Crippen molar-refractivity contribution >= 4 is 17.5 Å². The fourth-order valence-electron chi connectivity index (χ4n) is 3.70. The molecular formula is C25H28ClN3O5. The lowest BCUT2D eigenvalue weighted by molar-refractivity contribution is -0.122. The van der Waals surface area contributed by atoms with Crippen molar-refractivity contribution in [3.8, 4) is 22.9 Å². The molecule has 0 aliphatic rings. The highest BCUT2D eigenvalue weighted by Gasteiger charge is 2.19. The van der Waals surface area contributed by atoms with Crippen LogP contribution in [0.2, 0.25) is 5.02 Å². The van der Waals surface area contributed by atoms with Crippen LogP contribution in [0.5, 0.6) is 11.5 Å². The molecule has 0 radical (unpaired) electrons. The second kappa shape index (κ2) is 11.2. The number of carbonyl (C=O) groups is 1. The maximum Gasteiger partial charge on any atom is 0.257 e. The lowest BCUT2D eigenvalue weighted by Gasteiger charge is -2.19. The quantitative estimate of drug-likeness (QED) is 0.482. The number of benzene rings is 2. The average Bonchev–Trinajstić information content (AvgIpc) is 2.83. The molecule has 0 unspecified atom stereocenters. The molecule has 8 nitrogen and oxygen atoms in total. The Labute approximate surface area is 203 Å². The summed E-state index contributed by atoms with van der Waals surface area (Å²) < 4.78 is 11.9. The Morgan fingerprint density at radius 3 is 2.44 bits per heavy atom. The Hall–Kier alpha value is -3.36. The van der Waals surface area contributed by atoms with Crippen molar-refractivity contribution in [2.45, 2.75) is 32.9 Å². The number of carbonyl (C=O) groups excluding carboxylic acids is 1. The number of nitrogens with zero attached hydrogens (tertiary/aromatic N) is 2. The predicted molar refractivity (Wildman–Crippen MR) is 131 cm³/mol. The summed E-state index contributed by atoms with van der Waals surface area (Å²) >= 11 is 6.01. The monoisotopic (exact) mass is 485 g/mol. The number of aliphatic hydroxyl groups excluding tert-OH is 1. The molecule has 34 heavy (non-hydrogen) atoms. The lowest BCUT2D eigenvalue weighted by Crippen LogP contribution is -2.36. The molecule has 1 atom stereocenters. The molecular weight excluding hydrogens is 458 g/mol. The SMILES string of the molecule is COc1ccc([C@H](C)NC(=O)Cn2c(-c3ccc(Cl)cc3)nc(C)c(CCO)c2=O)cc1OC. The topological polar surface area (TPSA) is 103 Å². The molecule has 2 aromatic carbocycles. The van der Waals surface area contributed by atoms with Gasteiger partial charge in [-0.15, -0.1) is 0 Å². The van der Waals surface area contributed by atoms with Gasteiger partial charge in [-0.1, -0.05) is 17.7 Å². The van der Waals surface area contributed by atoms with Crippen molar-refractivity contribution in [2.24, 2.45) is 0 Å². The second-order valence-electron chi connectivity index (χ2n) is 7.77. The van der Waals surface area contributed by atoms with E-state index >= 15 is 0 Å². The first-order chi connectivity index (χ1) is 16.3. The number of hydrogen-bond donors (Lipinski definition) is 2. The number of aromatic nitrogens is 2. The Balaban J connectivity index is 1.92. The molecule has 180 valence electrons. The van der Waals surface area contributed by atoms with Gasteiger partial charge >= 0.3 is 0 Å². The first-order valence-corrected chi connectivity index (χ1v) is 11.1. The number of ether oxygens (including phenoxy) is 2. The van der Waals surface area contributed by atoms with E-state index in [-0.39, 0.29) is 37.1 Å². The van der Waals surface area contributed by atoms with Crippen LogP contribution in [0, 0.1) is 6.92 Å². The zero-order valence-corrected chi connectivity index (χ0v) is 20.3. The van der Waals surface area contributed by atoms with Gasteiger partial charge in [-0.05, 0) is 55.8 Å². The fraction of sp³-hybridized carbons (Fsp3) is 0.320. The minimum atomic E-state index is -0.361. The van der Waals surface area contributed by atoms with E-state index in [0.717, 1.165) is 5.56 Å². The van der Waals surface area contributed by atoms with Crippen LogP contribution in [0.15, 0.2) is 47.3 Å². The standard InChI is InChI=1S/C25H28ClN3O5/c1-15(18-7-10-21(33-3)22(13-18)34-4)27-23(31)14-29-24(17-5-8-19(26)9-6-17)28-16(2)20(11-12-30)25(29)32/h5-10,13,15,30H,11-12,14H2,1-4H3,(H,27,31)/t15-/m0/s1. The zero-order valence-electron chi connectivity index (χ0n) is 19.6. The van der Waals surface area contributed by atoms with Gasteiger partial charge in [-0.25, -0.2) is 4.98 Å². The molecule has 1 heterocycles. The number of aliphatic hydroxyl groups is 1. The highest BCUT2D eigenvalue weighted by Crippen LogP contribution is 2.30. The Morgan fingerprint density at radius 1 is 1.15 bits per heavy atom. The Kier molecular flexibility index (Phi) is 8.31. The van der Waals surface area contributed by atoms with Crippen LogP contribution in [-0.4, -0.2) is 41.4 Å². The van der Waals surface area contributed by atoms with Crippen LogP contribution in [0.4, 0.5) is 0 Å². The minimum absolute atomic E-state index is 0.155. The molecule has 0 spiro atoms. The smallest absolute Gasteiger partial charge is 0.257 e. The van der Waals surface area contributed by atoms with Crippen molar-refractivity contribution in [1.29, 1.82) is 0 Å². The van der Waals surface area contributed by atoms with Crippen molar-refractivity contribution in [3.63, 3.8) is 0 Å². The third kappa shape index (κ3) is 5.58. The van der Waals surface area contributed by atoms with E-state index in [1.165, 1.54) is 4.57 Å². The van der Waals surface area contributed by atoms with Gasteiger partial charge < -0.3 is 19.9 Å². The number of rotatable bonds is 9. The van der Waals surface area contributed by atoms with E-state index in [9.17, 15) is 14.7 Å². The van der Waals surface area contributed by atoms with Crippen LogP contribution in [0.25, 0.3) is 11.4 Å². The van der Waals surface area contributed by atoms with Gasteiger partial charge in [0.05, 0.1) is 20.3 Å². The van der Waals surface area contributed by atoms with E-state index in [4.69, 9.17) is 21.1 Å². The number of aryl methyl sites for hydroxylation is 1. The molecule has 1 amide bonds. The lowest BCUT2D eigenvalue weighted by atomic mass is 10.1. The largest absolute Gasteiger partial charge is 0.493 e. The molecule has 0 aliphatic heterocycles. The van der Waals surface area contributed by atoms with E-state index in [0.29, 0.717) is 39.2 Å². The predicted octanol–water partition coefficient (Wildman–Crippen LogP) is 3.30. The van der Waals surface area contributed by atoms with Crippen molar-refractivity contribution in [3.05, 3.63) is 74.7 Å². The van der Waals surface area contributed by atoms with Gasteiger partial charge in [0, 0.05) is 34.9 Å². The molecule has 3 aromatic rings. The first-order valence-electron chi connectivity index (χ1n) is 10.8. The van der Waals surface area contributed by atoms with Gasteiger partial charge in [0.2, 0.25) is 5.91 Å². The molecule has 0 saturated carbocycles. The van der Waals surface area contributed by atoms with Gasteiger partial charge in [0.15, 0.2) is 11.5 Å². The van der Waals surface area contributed by atoms with Crippen LogP contribution in [0.3, 0.4) is 0 Å². The number of methoxy groups -OCH3 is 2. The van der Waals surface area contributed by atoms with Crippen LogP contribution >= 0.6 is 11.6 Å². The van der Waals surface area contributed by atoms with E-state index in [1.54, 1.807) is 57.5 Å². The van der Waals surface area contributed by atoms with Gasteiger partial charge in [0.25, 0.3) is 5.56 Å². The molecule has 2 N–H and O–H groups in total. The summed E-state index contributed by atoms with van der Waals surface area (Å²) in [5, 5.41) is 12.9. The van der Waals surface area contributed by atoms with Gasteiger partial charge in [0.1, 0.15) is 12.4 Å². The van der Waals surface area contributed by atoms with Crippen LogP contribution in [-0.2, 0) is 17.8 Å². The Bertz CT molecular complexity index is 1220. The molecule has 0 bridgehead atoms. The van der Waals surface area contributed by atoms with Crippen molar-refractivity contribution in [2.75, 3.05) is 20.8 Å². The second-order valence-corrected chi connectivity index (χ2v) is 8.21. The fourth-order valence-corrected chi connectivity index (χ4v) is 3.83. The summed E-state index contributed by atoms with van der Waals surface area (Å²) in [5.74, 6) is 1.14. The molecule has 9 heteroatoms. The Morgan fingerprint density at radius 2 is 1.82 bits per heavy atom. The molecule has 1 aromatic heterocycles. The van der Waals surface area contributed by atoms with Gasteiger partial charge in [-0.3, -0.25) is 14.2 Å². The van der Waals surface area contributed by atoms with E-state index < -0.39 is 0 Å². The summed E-state index contributed by atoms with van der Waals surface area (Å²) in [6.45, 7) is 3.13. The summed E-state index contributed by atoms with van der Waals surface area (Å²) in [7, 11) is 3.10. The first kappa shape index (κ1) is 25.3. The number of halogens is 1. The summed E-state index contributed by atoms with van der Waals surface area (Å²) in [6, 6.07) is 11.9. The highest BCUT2D eigenvalue weighted by atomic mass is 35.5. The van der Waals surface area contributed by atoms with Crippen LogP contribution < -0.4 is 20.3 Å². The van der Waals surface area contributed by atoms with Gasteiger partial charge in [-0.2, -0.15) is 0 Å². The summed E-state index contributed by atoms with van der Waals surface area (Å²) in [4.78, 5) is 30.8. The highest BCUT2D eigenvalue weighted by molar-refractivity contribution is 6.30. The normalized spacial score (nSPS) is 11.7. The maximum absolute atomic E-state index is 13.3. The third-order valence-corrected chi connectivity index (χ3v) is 5.77.